The zero-order chi connectivity index (χ0) is 11.3. The lowest BCUT2D eigenvalue weighted by molar-refractivity contribution is 0.646. The lowest BCUT2D eigenvalue weighted by atomic mass is 10.3. The van der Waals surface area contributed by atoms with Gasteiger partial charge in [-0.1, -0.05) is 18.5 Å². The number of hydrogen-bond acceptors (Lipinski definition) is 1. The molecule has 1 aromatic carbocycles. The Labute approximate surface area is 101 Å². The Hall–Kier alpha value is -0.800. The van der Waals surface area contributed by atoms with E-state index in [2.05, 4.69) is 24.5 Å². The van der Waals surface area contributed by atoms with Gasteiger partial charge in [0.1, 0.15) is 0 Å². The molecule has 82 valence electrons. The highest BCUT2D eigenvalue weighted by Crippen LogP contribution is 2.13. The third-order valence-electron chi connectivity index (χ3n) is 2.09. The van der Waals surface area contributed by atoms with E-state index >= 15 is 0 Å². The van der Waals surface area contributed by atoms with Gasteiger partial charge in [-0.2, -0.15) is 0 Å². The maximum Gasteiger partial charge on any atom is 0.170 e. The molecular weight excluding hydrogens is 228 g/mol. The van der Waals surface area contributed by atoms with Crippen LogP contribution in [0, 0.1) is 0 Å². The van der Waals surface area contributed by atoms with Crippen LogP contribution in [-0.2, 0) is 0 Å². The summed E-state index contributed by atoms with van der Waals surface area (Å²) in [5.41, 5.74) is 0.945. The monoisotopic (exact) mass is 242 g/mol. The minimum absolute atomic E-state index is 0.386. The largest absolute Gasteiger partial charge is 0.360 e. The van der Waals surface area contributed by atoms with E-state index in [-0.39, 0.29) is 0 Å². The van der Waals surface area contributed by atoms with Crippen molar-refractivity contribution in [2.75, 3.05) is 5.32 Å². The third-order valence-corrected chi connectivity index (χ3v) is 2.56. The molecule has 2 N–H and O–H groups in total. The molecule has 1 rings (SSSR count). The smallest absolute Gasteiger partial charge is 0.170 e. The van der Waals surface area contributed by atoms with Gasteiger partial charge in [-0.05, 0) is 49.8 Å². The van der Waals surface area contributed by atoms with E-state index in [1.807, 2.05) is 24.3 Å². The van der Waals surface area contributed by atoms with Gasteiger partial charge in [0.25, 0.3) is 0 Å². The molecule has 0 saturated heterocycles. The Kier molecular flexibility index (Phi) is 4.85. The highest BCUT2D eigenvalue weighted by atomic mass is 35.5. The van der Waals surface area contributed by atoms with Crippen molar-refractivity contribution in [2.45, 2.75) is 26.3 Å². The van der Waals surface area contributed by atoms with Crippen molar-refractivity contribution >= 4 is 34.6 Å². The first-order valence-corrected chi connectivity index (χ1v) is 5.73. The van der Waals surface area contributed by atoms with Gasteiger partial charge < -0.3 is 10.6 Å². The van der Waals surface area contributed by atoms with E-state index in [1.54, 1.807) is 0 Å². The fraction of sp³-hybridized carbons (Fsp3) is 0.364. The van der Waals surface area contributed by atoms with Crippen LogP contribution >= 0.6 is 23.8 Å². The molecule has 0 bridgehead atoms. The molecule has 1 aromatic rings. The van der Waals surface area contributed by atoms with Crippen molar-refractivity contribution in [2.24, 2.45) is 0 Å². The van der Waals surface area contributed by atoms with Crippen LogP contribution in [0.4, 0.5) is 5.69 Å². The van der Waals surface area contributed by atoms with E-state index in [1.165, 1.54) is 0 Å². The van der Waals surface area contributed by atoms with Crippen molar-refractivity contribution < 1.29 is 0 Å². The van der Waals surface area contributed by atoms with Crippen LogP contribution in [-0.4, -0.2) is 11.2 Å². The van der Waals surface area contributed by atoms with E-state index in [9.17, 15) is 0 Å². The van der Waals surface area contributed by atoms with Gasteiger partial charge in [0.05, 0.1) is 0 Å². The second kappa shape index (κ2) is 5.93. The Morgan fingerprint density at radius 3 is 2.53 bits per heavy atom. The van der Waals surface area contributed by atoms with Crippen LogP contribution < -0.4 is 10.6 Å². The molecule has 15 heavy (non-hydrogen) atoms. The Bertz CT molecular complexity index is 324. The summed E-state index contributed by atoms with van der Waals surface area (Å²) in [6, 6.07) is 7.84. The molecule has 0 amide bonds. The lowest BCUT2D eigenvalue weighted by Crippen LogP contribution is -2.35. The van der Waals surface area contributed by atoms with Crippen molar-refractivity contribution in [1.29, 1.82) is 0 Å². The Balaban J connectivity index is 2.48. The number of benzene rings is 1. The van der Waals surface area contributed by atoms with Gasteiger partial charge in [-0.15, -0.1) is 0 Å². The summed E-state index contributed by atoms with van der Waals surface area (Å²) >= 11 is 10.9. The highest BCUT2D eigenvalue weighted by Gasteiger charge is 2.01. The predicted molar refractivity (Wildman–Crippen MR) is 70.6 cm³/mol. The lowest BCUT2D eigenvalue weighted by Gasteiger charge is -2.15. The SMILES string of the molecule is CC[C@@H](C)NC(=S)Nc1ccc(Cl)cc1. The second-order valence-corrected chi connectivity index (χ2v) is 4.26. The van der Waals surface area contributed by atoms with Crippen molar-refractivity contribution in [3.63, 3.8) is 0 Å². The molecule has 0 aliphatic heterocycles. The fourth-order valence-corrected chi connectivity index (χ4v) is 1.47. The summed E-state index contributed by atoms with van der Waals surface area (Å²) < 4.78 is 0. The molecule has 0 heterocycles. The molecule has 0 radical (unpaired) electrons. The van der Waals surface area contributed by atoms with Crippen molar-refractivity contribution in [3.05, 3.63) is 29.3 Å². The topological polar surface area (TPSA) is 24.1 Å². The second-order valence-electron chi connectivity index (χ2n) is 3.41. The molecule has 0 unspecified atom stereocenters. The molecule has 0 aromatic heterocycles. The first-order valence-electron chi connectivity index (χ1n) is 4.95. The number of halogens is 1. The molecule has 0 fully saturated rings. The molecule has 2 nitrogen and oxygen atoms in total. The van der Waals surface area contributed by atoms with Gasteiger partial charge in [-0.25, -0.2) is 0 Å². The number of rotatable bonds is 3. The zero-order valence-electron chi connectivity index (χ0n) is 8.88. The molecule has 0 aliphatic carbocycles. The van der Waals surface area contributed by atoms with E-state index in [0.29, 0.717) is 11.2 Å². The zero-order valence-corrected chi connectivity index (χ0v) is 10.5. The van der Waals surface area contributed by atoms with E-state index in [0.717, 1.165) is 17.1 Å². The quantitative estimate of drug-likeness (QED) is 0.795. The maximum absolute atomic E-state index is 5.78. The summed E-state index contributed by atoms with van der Waals surface area (Å²) in [6.07, 6.45) is 1.04. The molecule has 1 atom stereocenters. The van der Waals surface area contributed by atoms with Crippen molar-refractivity contribution in [1.82, 2.24) is 5.32 Å². The van der Waals surface area contributed by atoms with Crippen LogP contribution in [0.1, 0.15) is 20.3 Å². The Morgan fingerprint density at radius 1 is 1.40 bits per heavy atom. The van der Waals surface area contributed by atoms with Gasteiger partial charge in [0.2, 0.25) is 0 Å². The molecule has 4 heteroatoms. The summed E-state index contributed by atoms with van der Waals surface area (Å²) in [6.45, 7) is 4.21. The maximum atomic E-state index is 5.78. The van der Waals surface area contributed by atoms with Gasteiger partial charge in [0, 0.05) is 16.8 Å². The van der Waals surface area contributed by atoms with Crippen LogP contribution in [0.15, 0.2) is 24.3 Å². The summed E-state index contributed by atoms with van der Waals surface area (Å²) in [7, 11) is 0. The van der Waals surface area contributed by atoms with Gasteiger partial charge in [0.15, 0.2) is 5.11 Å². The van der Waals surface area contributed by atoms with E-state index in [4.69, 9.17) is 23.8 Å². The number of anilines is 1. The molecular formula is C11H15ClN2S. The van der Waals surface area contributed by atoms with Gasteiger partial charge >= 0.3 is 0 Å². The van der Waals surface area contributed by atoms with Crippen LogP contribution in [0.3, 0.4) is 0 Å². The first kappa shape index (κ1) is 12.3. The van der Waals surface area contributed by atoms with Gasteiger partial charge in [-0.3, -0.25) is 0 Å². The number of nitrogens with one attached hydrogen (secondary N) is 2. The summed E-state index contributed by atoms with van der Waals surface area (Å²) in [5, 5.41) is 7.64. The molecule has 0 aliphatic rings. The molecule has 0 saturated carbocycles. The van der Waals surface area contributed by atoms with Crippen LogP contribution in [0.2, 0.25) is 5.02 Å². The normalized spacial score (nSPS) is 11.9. The number of thiocarbonyl (C=S) groups is 1. The average molecular weight is 243 g/mol. The molecule has 0 spiro atoms. The Morgan fingerprint density at radius 2 is 2.00 bits per heavy atom. The first-order chi connectivity index (χ1) is 7.11. The van der Waals surface area contributed by atoms with E-state index < -0.39 is 0 Å². The number of hydrogen-bond donors (Lipinski definition) is 2. The minimum Gasteiger partial charge on any atom is -0.360 e. The summed E-state index contributed by atoms with van der Waals surface area (Å²) in [4.78, 5) is 0. The average Bonchev–Trinajstić information content (AvgIpc) is 2.21. The minimum atomic E-state index is 0.386. The van der Waals surface area contributed by atoms with Crippen LogP contribution in [0.25, 0.3) is 0 Å². The predicted octanol–water partition coefficient (Wildman–Crippen LogP) is 3.42. The summed E-state index contributed by atoms with van der Waals surface area (Å²) in [5.74, 6) is 0. The van der Waals surface area contributed by atoms with Crippen LogP contribution in [0.5, 0.6) is 0 Å². The highest BCUT2D eigenvalue weighted by molar-refractivity contribution is 7.80. The third kappa shape index (κ3) is 4.49. The van der Waals surface area contributed by atoms with Crippen molar-refractivity contribution in [3.8, 4) is 0 Å². The standard InChI is InChI=1S/C11H15ClN2S/c1-3-8(2)13-11(15)14-10-6-4-9(12)5-7-10/h4-8H,3H2,1-2H3,(H2,13,14,15)/t8-/m1/s1. The fourth-order valence-electron chi connectivity index (χ4n) is 1.03.